The Kier molecular flexibility index (Phi) is 4.95. The fraction of sp³-hybridized carbons (Fsp3) is 0.533. The quantitative estimate of drug-likeness (QED) is 0.836. The smallest absolute Gasteiger partial charge is 0.254 e. The van der Waals surface area contributed by atoms with Gasteiger partial charge in [-0.25, -0.2) is 4.39 Å². The molecule has 1 aliphatic rings. The molecular formula is C15H20FNO3. The normalized spacial score (nSPS) is 22.9. The van der Waals surface area contributed by atoms with E-state index in [1.165, 1.54) is 19.2 Å². The minimum Gasteiger partial charge on any atom is -0.497 e. The van der Waals surface area contributed by atoms with E-state index in [1.54, 1.807) is 6.07 Å². The first kappa shape index (κ1) is 14.8. The van der Waals surface area contributed by atoms with Crippen molar-refractivity contribution < 1.29 is 19.0 Å². The van der Waals surface area contributed by atoms with Gasteiger partial charge in [-0.2, -0.15) is 0 Å². The van der Waals surface area contributed by atoms with Crippen LogP contribution in [-0.2, 0) is 0 Å². The molecule has 1 aliphatic carbocycles. The van der Waals surface area contributed by atoms with Crippen molar-refractivity contribution in [3.8, 4) is 5.75 Å². The number of carbonyl (C=O) groups is 1. The molecule has 0 spiro atoms. The van der Waals surface area contributed by atoms with Gasteiger partial charge in [0.05, 0.1) is 24.8 Å². The molecule has 5 heteroatoms. The highest BCUT2D eigenvalue weighted by Crippen LogP contribution is 2.20. The predicted molar refractivity (Wildman–Crippen MR) is 73.3 cm³/mol. The number of hydrogen-bond donors (Lipinski definition) is 2. The lowest BCUT2D eigenvalue weighted by molar-refractivity contribution is 0.0815. The van der Waals surface area contributed by atoms with Gasteiger partial charge in [-0.3, -0.25) is 4.79 Å². The van der Waals surface area contributed by atoms with E-state index in [9.17, 15) is 14.3 Å². The Balaban J connectivity index is 2.07. The number of nitrogens with one attached hydrogen (secondary N) is 1. The Labute approximate surface area is 117 Å². The molecule has 0 radical (unpaired) electrons. The molecule has 1 aromatic rings. The van der Waals surface area contributed by atoms with Crippen LogP contribution in [0.3, 0.4) is 0 Å². The summed E-state index contributed by atoms with van der Waals surface area (Å²) in [5.74, 6) is -0.741. The molecule has 110 valence electrons. The summed E-state index contributed by atoms with van der Waals surface area (Å²) in [5, 5.41) is 12.7. The molecule has 0 aromatic heterocycles. The molecule has 0 saturated heterocycles. The van der Waals surface area contributed by atoms with E-state index in [0.29, 0.717) is 12.2 Å². The van der Waals surface area contributed by atoms with E-state index < -0.39 is 17.8 Å². The van der Waals surface area contributed by atoms with Gasteiger partial charge in [0.2, 0.25) is 0 Å². The Morgan fingerprint density at radius 2 is 2.10 bits per heavy atom. The van der Waals surface area contributed by atoms with Crippen LogP contribution in [-0.4, -0.2) is 30.3 Å². The number of methoxy groups -OCH3 is 1. The number of rotatable bonds is 3. The molecule has 2 N–H and O–H groups in total. The summed E-state index contributed by atoms with van der Waals surface area (Å²) >= 11 is 0. The average molecular weight is 281 g/mol. The SMILES string of the molecule is COc1ccc(C(=O)NC2CCCCCC2O)c(F)c1. The molecule has 2 atom stereocenters. The number of aliphatic hydroxyl groups is 1. The summed E-state index contributed by atoms with van der Waals surface area (Å²) in [7, 11) is 1.44. The molecule has 1 amide bonds. The van der Waals surface area contributed by atoms with Gasteiger partial charge in [-0.1, -0.05) is 19.3 Å². The highest BCUT2D eigenvalue weighted by Gasteiger charge is 2.24. The van der Waals surface area contributed by atoms with Crippen LogP contribution in [0, 0.1) is 5.82 Å². The lowest BCUT2D eigenvalue weighted by Crippen LogP contribution is -2.42. The molecule has 2 unspecified atom stereocenters. The summed E-state index contributed by atoms with van der Waals surface area (Å²) in [6.07, 6.45) is 3.83. The third kappa shape index (κ3) is 3.48. The molecule has 20 heavy (non-hydrogen) atoms. The maximum atomic E-state index is 13.8. The van der Waals surface area contributed by atoms with Gasteiger partial charge in [0.25, 0.3) is 5.91 Å². The summed E-state index contributed by atoms with van der Waals surface area (Å²) < 4.78 is 18.7. The van der Waals surface area contributed by atoms with Crippen molar-refractivity contribution in [1.29, 1.82) is 0 Å². The van der Waals surface area contributed by atoms with E-state index in [4.69, 9.17) is 4.74 Å². The van der Waals surface area contributed by atoms with Crippen molar-refractivity contribution in [2.45, 2.75) is 44.2 Å². The standard InChI is InChI=1S/C15H20FNO3/c1-20-10-7-8-11(12(16)9-10)15(19)17-13-5-3-2-4-6-14(13)18/h7-9,13-14,18H,2-6H2,1H3,(H,17,19). The first-order valence-corrected chi connectivity index (χ1v) is 6.94. The minimum atomic E-state index is -0.620. The number of carbonyl (C=O) groups excluding carboxylic acids is 1. The highest BCUT2D eigenvalue weighted by atomic mass is 19.1. The zero-order valence-corrected chi connectivity index (χ0v) is 11.6. The van der Waals surface area contributed by atoms with Gasteiger partial charge in [-0.15, -0.1) is 0 Å². The summed E-state index contributed by atoms with van der Waals surface area (Å²) in [6.45, 7) is 0. The maximum Gasteiger partial charge on any atom is 0.254 e. The maximum absolute atomic E-state index is 13.8. The van der Waals surface area contributed by atoms with E-state index in [-0.39, 0.29) is 11.6 Å². The van der Waals surface area contributed by atoms with E-state index in [1.807, 2.05) is 0 Å². The topological polar surface area (TPSA) is 58.6 Å². The van der Waals surface area contributed by atoms with Crippen LogP contribution in [0.4, 0.5) is 4.39 Å². The zero-order chi connectivity index (χ0) is 14.5. The number of halogens is 1. The Bertz CT molecular complexity index is 478. The Morgan fingerprint density at radius 3 is 2.80 bits per heavy atom. The molecule has 0 bridgehead atoms. The van der Waals surface area contributed by atoms with E-state index in [2.05, 4.69) is 5.32 Å². The third-order valence-electron chi connectivity index (χ3n) is 3.72. The second kappa shape index (κ2) is 6.70. The fourth-order valence-corrected chi connectivity index (χ4v) is 2.51. The molecule has 1 saturated carbocycles. The van der Waals surface area contributed by atoms with Crippen LogP contribution in [0.25, 0.3) is 0 Å². The van der Waals surface area contributed by atoms with Gasteiger partial charge in [0.15, 0.2) is 0 Å². The van der Waals surface area contributed by atoms with Crippen LogP contribution in [0.1, 0.15) is 42.5 Å². The van der Waals surface area contributed by atoms with Crippen molar-refractivity contribution in [3.05, 3.63) is 29.6 Å². The first-order chi connectivity index (χ1) is 9.61. The van der Waals surface area contributed by atoms with Gasteiger partial charge < -0.3 is 15.2 Å². The van der Waals surface area contributed by atoms with Gasteiger partial charge >= 0.3 is 0 Å². The van der Waals surface area contributed by atoms with E-state index >= 15 is 0 Å². The minimum absolute atomic E-state index is 0.0257. The molecule has 2 rings (SSSR count). The van der Waals surface area contributed by atoms with Crippen molar-refractivity contribution in [3.63, 3.8) is 0 Å². The van der Waals surface area contributed by atoms with Crippen molar-refractivity contribution in [1.82, 2.24) is 5.32 Å². The van der Waals surface area contributed by atoms with Gasteiger partial charge in [0, 0.05) is 6.07 Å². The summed E-state index contributed by atoms with van der Waals surface area (Å²) in [5.41, 5.74) is -0.0257. The van der Waals surface area contributed by atoms with Gasteiger partial charge in [0.1, 0.15) is 11.6 Å². The van der Waals surface area contributed by atoms with Crippen LogP contribution in [0.15, 0.2) is 18.2 Å². The second-order valence-electron chi connectivity index (χ2n) is 5.13. The number of ether oxygens (including phenoxy) is 1. The largest absolute Gasteiger partial charge is 0.497 e. The van der Waals surface area contributed by atoms with E-state index in [0.717, 1.165) is 25.7 Å². The molecule has 4 nitrogen and oxygen atoms in total. The second-order valence-corrected chi connectivity index (χ2v) is 5.13. The summed E-state index contributed by atoms with van der Waals surface area (Å²) in [4.78, 5) is 12.1. The number of hydrogen-bond acceptors (Lipinski definition) is 3. The van der Waals surface area contributed by atoms with Crippen LogP contribution in [0.5, 0.6) is 5.75 Å². The van der Waals surface area contributed by atoms with Crippen LogP contribution in [0.2, 0.25) is 0 Å². The Hall–Kier alpha value is -1.62. The van der Waals surface area contributed by atoms with Crippen molar-refractivity contribution >= 4 is 5.91 Å². The highest BCUT2D eigenvalue weighted by molar-refractivity contribution is 5.94. The number of aliphatic hydroxyl groups excluding tert-OH is 1. The average Bonchev–Trinajstić information content (AvgIpc) is 2.64. The van der Waals surface area contributed by atoms with Crippen molar-refractivity contribution in [2.75, 3.05) is 7.11 Å². The molecular weight excluding hydrogens is 261 g/mol. The van der Waals surface area contributed by atoms with Crippen molar-refractivity contribution in [2.24, 2.45) is 0 Å². The zero-order valence-electron chi connectivity index (χ0n) is 11.6. The monoisotopic (exact) mass is 281 g/mol. The molecule has 1 fully saturated rings. The first-order valence-electron chi connectivity index (χ1n) is 6.94. The van der Waals surface area contributed by atoms with Crippen LogP contribution < -0.4 is 10.1 Å². The lowest BCUT2D eigenvalue weighted by atomic mass is 10.1. The third-order valence-corrected chi connectivity index (χ3v) is 3.72. The number of amides is 1. The molecule has 0 aliphatic heterocycles. The summed E-state index contributed by atoms with van der Waals surface area (Å²) in [6, 6.07) is 3.82. The van der Waals surface area contributed by atoms with Crippen LogP contribution >= 0.6 is 0 Å². The number of benzene rings is 1. The lowest BCUT2D eigenvalue weighted by Gasteiger charge is -2.21. The molecule has 0 heterocycles. The van der Waals surface area contributed by atoms with Gasteiger partial charge in [-0.05, 0) is 25.0 Å². The Morgan fingerprint density at radius 1 is 1.35 bits per heavy atom. The fourth-order valence-electron chi connectivity index (χ4n) is 2.51. The predicted octanol–water partition coefficient (Wildman–Crippen LogP) is 2.26. The molecule has 1 aromatic carbocycles.